The van der Waals surface area contributed by atoms with Crippen LogP contribution in [0, 0.1) is 17.8 Å². The Labute approximate surface area is 127 Å². The lowest BCUT2D eigenvalue weighted by molar-refractivity contribution is -0.127. The maximum atomic E-state index is 12.5. The van der Waals surface area contributed by atoms with E-state index in [1.54, 1.807) is 0 Å². The third kappa shape index (κ3) is 4.43. The molecule has 0 bridgehead atoms. The zero-order valence-corrected chi connectivity index (χ0v) is 12.9. The van der Waals surface area contributed by atoms with E-state index in [2.05, 4.69) is 5.32 Å². The molecule has 21 heavy (non-hydrogen) atoms. The Morgan fingerprint density at radius 2 is 1.76 bits per heavy atom. The van der Waals surface area contributed by atoms with Crippen LogP contribution in [0.5, 0.6) is 0 Å². The van der Waals surface area contributed by atoms with Crippen LogP contribution in [0.3, 0.4) is 0 Å². The summed E-state index contributed by atoms with van der Waals surface area (Å²) in [7, 11) is 0. The van der Waals surface area contributed by atoms with E-state index in [1.807, 2.05) is 0 Å². The van der Waals surface area contributed by atoms with Gasteiger partial charge in [0, 0.05) is 18.4 Å². The van der Waals surface area contributed by atoms with Crippen LogP contribution in [0.4, 0.5) is 0 Å². The first kappa shape index (κ1) is 16.3. The molecular formula is C16H29N3O2. The number of rotatable bonds is 6. The number of nitrogens with one attached hydrogen (secondary N) is 1. The fourth-order valence-electron chi connectivity index (χ4n) is 4.04. The Kier molecular flexibility index (Phi) is 6.03. The van der Waals surface area contributed by atoms with E-state index >= 15 is 0 Å². The lowest BCUT2D eigenvalue weighted by Gasteiger charge is -2.31. The Morgan fingerprint density at radius 3 is 2.38 bits per heavy atom. The number of primary amides is 1. The van der Waals surface area contributed by atoms with Crippen molar-refractivity contribution in [3.05, 3.63) is 0 Å². The first-order valence-corrected chi connectivity index (χ1v) is 8.40. The second-order valence-electron chi connectivity index (χ2n) is 6.72. The van der Waals surface area contributed by atoms with E-state index in [-0.39, 0.29) is 30.2 Å². The van der Waals surface area contributed by atoms with Crippen LogP contribution < -0.4 is 16.8 Å². The highest BCUT2D eigenvalue weighted by Crippen LogP contribution is 2.32. The van der Waals surface area contributed by atoms with Gasteiger partial charge in [-0.2, -0.15) is 0 Å². The number of carbonyl (C=O) groups is 2. The molecule has 1 unspecified atom stereocenters. The van der Waals surface area contributed by atoms with Crippen molar-refractivity contribution in [3.8, 4) is 0 Å². The van der Waals surface area contributed by atoms with Crippen LogP contribution in [-0.2, 0) is 9.59 Å². The molecule has 2 aliphatic rings. The molecule has 0 radical (unpaired) electrons. The summed E-state index contributed by atoms with van der Waals surface area (Å²) >= 11 is 0. The molecular weight excluding hydrogens is 266 g/mol. The molecule has 2 rings (SSSR count). The molecule has 0 aromatic heterocycles. The van der Waals surface area contributed by atoms with Crippen LogP contribution in [0.15, 0.2) is 0 Å². The van der Waals surface area contributed by atoms with E-state index in [0.29, 0.717) is 18.4 Å². The molecule has 0 aliphatic heterocycles. The predicted octanol–water partition coefficient (Wildman–Crippen LogP) is 1.30. The zero-order valence-electron chi connectivity index (χ0n) is 12.9. The van der Waals surface area contributed by atoms with Gasteiger partial charge in [-0.1, -0.05) is 25.7 Å². The highest BCUT2D eigenvalue weighted by atomic mass is 16.2. The second kappa shape index (κ2) is 7.78. The molecule has 5 N–H and O–H groups in total. The monoisotopic (exact) mass is 295 g/mol. The molecule has 120 valence electrons. The molecule has 0 aromatic carbocycles. The van der Waals surface area contributed by atoms with Crippen molar-refractivity contribution in [3.63, 3.8) is 0 Å². The van der Waals surface area contributed by atoms with Crippen LogP contribution in [0.25, 0.3) is 0 Å². The Bertz CT molecular complexity index is 367. The normalized spacial score (nSPS) is 28.2. The van der Waals surface area contributed by atoms with E-state index in [0.717, 1.165) is 32.1 Å². The Hall–Kier alpha value is -1.10. The Morgan fingerprint density at radius 1 is 1.05 bits per heavy atom. The summed E-state index contributed by atoms with van der Waals surface area (Å²) in [6.07, 6.45) is 9.09. The van der Waals surface area contributed by atoms with E-state index in [1.165, 1.54) is 19.3 Å². The van der Waals surface area contributed by atoms with Crippen LogP contribution in [0.1, 0.15) is 57.8 Å². The molecule has 0 aromatic rings. The lowest BCUT2D eigenvalue weighted by Crippen LogP contribution is -2.46. The standard InChI is InChI=1S/C16H29N3O2/c17-10-12-7-4-8-13(12)16(21)19-14(9-15(18)20)11-5-2-1-3-6-11/h11-14H,1-10,17H2,(H2,18,20)(H,19,21)/t12-,13-,14?/m1/s1. The van der Waals surface area contributed by atoms with Crippen LogP contribution >= 0.6 is 0 Å². The van der Waals surface area contributed by atoms with Gasteiger partial charge in [0.15, 0.2) is 0 Å². The highest BCUT2D eigenvalue weighted by Gasteiger charge is 2.34. The van der Waals surface area contributed by atoms with Crippen molar-refractivity contribution in [2.45, 2.75) is 63.8 Å². The number of carbonyl (C=O) groups excluding carboxylic acids is 2. The molecule has 5 nitrogen and oxygen atoms in total. The minimum Gasteiger partial charge on any atom is -0.370 e. The summed E-state index contributed by atoms with van der Waals surface area (Å²) in [6, 6.07) is -0.0886. The van der Waals surface area contributed by atoms with Gasteiger partial charge < -0.3 is 16.8 Å². The van der Waals surface area contributed by atoms with Crippen molar-refractivity contribution >= 4 is 11.8 Å². The highest BCUT2D eigenvalue weighted by molar-refractivity contribution is 5.81. The van der Waals surface area contributed by atoms with Gasteiger partial charge in [0.05, 0.1) is 0 Å². The Balaban J connectivity index is 1.96. The first-order chi connectivity index (χ1) is 10.1. The van der Waals surface area contributed by atoms with Crippen molar-refractivity contribution < 1.29 is 9.59 Å². The average Bonchev–Trinajstić information content (AvgIpc) is 2.95. The topological polar surface area (TPSA) is 98.2 Å². The number of hydrogen-bond acceptors (Lipinski definition) is 3. The van der Waals surface area contributed by atoms with E-state index in [9.17, 15) is 9.59 Å². The minimum atomic E-state index is -0.326. The molecule has 5 heteroatoms. The number of amides is 2. The smallest absolute Gasteiger partial charge is 0.223 e. The summed E-state index contributed by atoms with van der Waals surface area (Å²) in [4.78, 5) is 23.9. The van der Waals surface area contributed by atoms with Gasteiger partial charge in [-0.3, -0.25) is 9.59 Å². The molecule has 3 atom stereocenters. The van der Waals surface area contributed by atoms with Crippen molar-refractivity contribution in [1.82, 2.24) is 5.32 Å². The molecule has 2 amide bonds. The van der Waals surface area contributed by atoms with Gasteiger partial charge in [0.2, 0.25) is 11.8 Å². The maximum Gasteiger partial charge on any atom is 0.223 e. The van der Waals surface area contributed by atoms with Crippen molar-refractivity contribution in [1.29, 1.82) is 0 Å². The third-order valence-electron chi connectivity index (χ3n) is 5.27. The molecule has 2 fully saturated rings. The molecule has 0 spiro atoms. The third-order valence-corrected chi connectivity index (χ3v) is 5.27. The van der Waals surface area contributed by atoms with Gasteiger partial charge in [0.25, 0.3) is 0 Å². The van der Waals surface area contributed by atoms with Gasteiger partial charge in [0.1, 0.15) is 0 Å². The van der Waals surface area contributed by atoms with Crippen LogP contribution in [-0.4, -0.2) is 24.4 Å². The zero-order chi connectivity index (χ0) is 15.2. The minimum absolute atomic E-state index is 0.0222. The fourth-order valence-corrected chi connectivity index (χ4v) is 4.04. The van der Waals surface area contributed by atoms with Crippen molar-refractivity contribution in [2.24, 2.45) is 29.2 Å². The lowest BCUT2D eigenvalue weighted by atomic mass is 9.82. The van der Waals surface area contributed by atoms with Gasteiger partial charge in [-0.25, -0.2) is 0 Å². The van der Waals surface area contributed by atoms with Gasteiger partial charge in [-0.15, -0.1) is 0 Å². The van der Waals surface area contributed by atoms with E-state index < -0.39 is 0 Å². The molecule has 0 saturated heterocycles. The summed E-state index contributed by atoms with van der Waals surface area (Å²) in [5.74, 6) is 0.472. The van der Waals surface area contributed by atoms with E-state index in [4.69, 9.17) is 11.5 Å². The van der Waals surface area contributed by atoms with Crippen LogP contribution in [0.2, 0.25) is 0 Å². The van der Waals surface area contributed by atoms with Gasteiger partial charge in [-0.05, 0) is 44.1 Å². The summed E-state index contributed by atoms with van der Waals surface area (Å²) in [6.45, 7) is 0.571. The summed E-state index contributed by atoms with van der Waals surface area (Å²) in [5.41, 5.74) is 11.1. The fraction of sp³-hybridized carbons (Fsp3) is 0.875. The average molecular weight is 295 g/mol. The number of hydrogen-bond donors (Lipinski definition) is 3. The summed E-state index contributed by atoms with van der Waals surface area (Å²) < 4.78 is 0. The van der Waals surface area contributed by atoms with Gasteiger partial charge >= 0.3 is 0 Å². The maximum absolute atomic E-state index is 12.5. The van der Waals surface area contributed by atoms with Crippen molar-refractivity contribution in [2.75, 3.05) is 6.54 Å². The second-order valence-corrected chi connectivity index (χ2v) is 6.72. The molecule has 0 heterocycles. The number of nitrogens with two attached hydrogens (primary N) is 2. The molecule has 2 saturated carbocycles. The quantitative estimate of drug-likeness (QED) is 0.689. The molecule has 2 aliphatic carbocycles. The SMILES string of the molecule is NC[C@H]1CCC[C@H]1C(=O)NC(CC(N)=O)C1CCCCC1. The first-order valence-electron chi connectivity index (χ1n) is 8.40. The summed E-state index contributed by atoms with van der Waals surface area (Å²) in [5, 5.41) is 3.13. The largest absolute Gasteiger partial charge is 0.370 e. The predicted molar refractivity (Wildman–Crippen MR) is 82.2 cm³/mol.